The minimum absolute atomic E-state index is 0.711. The lowest BCUT2D eigenvalue weighted by Gasteiger charge is -2.34. The molecule has 0 aromatic carbocycles. The molecule has 0 amide bonds. The summed E-state index contributed by atoms with van der Waals surface area (Å²) < 4.78 is 0. The molecule has 0 aromatic rings. The van der Waals surface area contributed by atoms with E-state index in [0.29, 0.717) is 5.41 Å². The summed E-state index contributed by atoms with van der Waals surface area (Å²) >= 11 is 0. The van der Waals surface area contributed by atoms with Gasteiger partial charge in [-0.1, -0.05) is 6.92 Å². The standard InChI is InChI=1S/C10H17N/c1-10-6-11-5-9(10)7-2-3-8(10)4-7/h7-9,11H,2-6H2,1H3/t7-,8+,9+,10-/m0/s1. The highest BCUT2D eigenvalue weighted by Gasteiger charge is 2.56. The van der Waals surface area contributed by atoms with Gasteiger partial charge in [-0.15, -0.1) is 0 Å². The second-order valence-electron chi connectivity index (χ2n) is 5.01. The molecule has 2 bridgehead atoms. The maximum atomic E-state index is 3.57. The van der Waals surface area contributed by atoms with E-state index in [1.807, 2.05) is 0 Å². The summed E-state index contributed by atoms with van der Waals surface area (Å²) in [6, 6.07) is 0. The Morgan fingerprint density at radius 1 is 1.36 bits per heavy atom. The van der Waals surface area contributed by atoms with E-state index in [4.69, 9.17) is 0 Å². The Labute approximate surface area is 68.6 Å². The van der Waals surface area contributed by atoms with Gasteiger partial charge >= 0.3 is 0 Å². The Hall–Kier alpha value is -0.0400. The first kappa shape index (κ1) is 6.47. The van der Waals surface area contributed by atoms with Crippen molar-refractivity contribution in [1.82, 2.24) is 5.32 Å². The molecule has 1 heterocycles. The maximum Gasteiger partial charge on any atom is 0.00112 e. The number of hydrogen-bond acceptors (Lipinski definition) is 1. The van der Waals surface area contributed by atoms with Gasteiger partial charge in [-0.25, -0.2) is 0 Å². The summed E-state index contributed by atoms with van der Waals surface area (Å²) in [5.41, 5.74) is 0.711. The first-order chi connectivity index (χ1) is 5.31. The molecule has 11 heavy (non-hydrogen) atoms. The van der Waals surface area contributed by atoms with Crippen LogP contribution in [0.2, 0.25) is 0 Å². The largest absolute Gasteiger partial charge is 0.316 e. The second-order valence-corrected chi connectivity index (χ2v) is 5.01. The van der Waals surface area contributed by atoms with E-state index in [1.165, 1.54) is 25.9 Å². The molecule has 1 nitrogen and oxygen atoms in total. The van der Waals surface area contributed by atoms with Crippen molar-refractivity contribution < 1.29 is 0 Å². The van der Waals surface area contributed by atoms with Crippen LogP contribution in [-0.4, -0.2) is 13.1 Å². The fraction of sp³-hybridized carbons (Fsp3) is 1.00. The van der Waals surface area contributed by atoms with Crippen LogP contribution in [0, 0.1) is 23.2 Å². The molecule has 3 fully saturated rings. The van der Waals surface area contributed by atoms with Gasteiger partial charge in [0.15, 0.2) is 0 Å². The number of rotatable bonds is 0. The summed E-state index contributed by atoms with van der Waals surface area (Å²) in [6.07, 6.45) is 4.62. The molecule has 0 spiro atoms. The first-order valence-corrected chi connectivity index (χ1v) is 5.01. The molecule has 2 aliphatic carbocycles. The smallest absolute Gasteiger partial charge is 0.00112 e. The molecule has 3 rings (SSSR count). The fourth-order valence-corrected chi connectivity index (χ4v) is 3.99. The van der Waals surface area contributed by atoms with Crippen LogP contribution in [0.3, 0.4) is 0 Å². The van der Waals surface area contributed by atoms with Gasteiger partial charge in [-0.05, 0) is 49.0 Å². The van der Waals surface area contributed by atoms with E-state index in [-0.39, 0.29) is 0 Å². The zero-order valence-corrected chi connectivity index (χ0v) is 7.27. The molecule has 3 aliphatic rings. The molecule has 1 aliphatic heterocycles. The Morgan fingerprint density at radius 3 is 3.09 bits per heavy atom. The monoisotopic (exact) mass is 151 g/mol. The first-order valence-electron chi connectivity index (χ1n) is 5.01. The molecule has 0 unspecified atom stereocenters. The van der Waals surface area contributed by atoms with Crippen molar-refractivity contribution in [2.24, 2.45) is 23.2 Å². The van der Waals surface area contributed by atoms with Crippen LogP contribution >= 0.6 is 0 Å². The summed E-state index contributed by atoms with van der Waals surface area (Å²) in [5.74, 6) is 3.22. The maximum absolute atomic E-state index is 3.57. The SMILES string of the molecule is C[C@@]12CNC[C@@H]1[C@H]1CC[C@@H]2C1. The zero-order valence-electron chi connectivity index (χ0n) is 7.27. The Balaban J connectivity index is 2.00. The number of fused-ring (bicyclic) bond motifs is 5. The van der Waals surface area contributed by atoms with Crippen LogP contribution in [0.1, 0.15) is 26.2 Å². The van der Waals surface area contributed by atoms with Gasteiger partial charge in [0.25, 0.3) is 0 Å². The van der Waals surface area contributed by atoms with Crippen molar-refractivity contribution in [2.75, 3.05) is 13.1 Å². The van der Waals surface area contributed by atoms with Gasteiger partial charge in [-0.2, -0.15) is 0 Å². The Kier molecular flexibility index (Phi) is 1.07. The predicted molar refractivity (Wildman–Crippen MR) is 45.3 cm³/mol. The summed E-state index contributed by atoms with van der Waals surface area (Å²) in [7, 11) is 0. The lowest BCUT2D eigenvalue weighted by atomic mass is 9.70. The predicted octanol–water partition coefficient (Wildman–Crippen LogP) is 1.64. The van der Waals surface area contributed by atoms with Gasteiger partial charge in [0.05, 0.1) is 0 Å². The van der Waals surface area contributed by atoms with Crippen LogP contribution in [0.5, 0.6) is 0 Å². The highest BCUT2D eigenvalue weighted by molar-refractivity contribution is 5.08. The summed E-state index contributed by atoms with van der Waals surface area (Å²) in [5, 5.41) is 3.57. The van der Waals surface area contributed by atoms with Crippen LogP contribution < -0.4 is 5.32 Å². The van der Waals surface area contributed by atoms with E-state index < -0.39 is 0 Å². The van der Waals surface area contributed by atoms with Crippen molar-refractivity contribution >= 4 is 0 Å². The number of hydrogen-bond donors (Lipinski definition) is 1. The highest BCUT2D eigenvalue weighted by atomic mass is 15.0. The quantitative estimate of drug-likeness (QED) is 0.555. The molecule has 62 valence electrons. The Morgan fingerprint density at radius 2 is 2.27 bits per heavy atom. The van der Waals surface area contributed by atoms with Gasteiger partial charge < -0.3 is 5.32 Å². The van der Waals surface area contributed by atoms with E-state index in [2.05, 4.69) is 12.2 Å². The van der Waals surface area contributed by atoms with Gasteiger partial charge in [0.2, 0.25) is 0 Å². The molecule has 1 saturated heterocycles. The van der Waals surface area contributed by atoms with Crippen molar-refractivity contribution in [3.8, 4) is 0 Å². The zero-order chi connectivity index (χ0) is 7.47. The van der Waals surface area contributed by atoms with E-state index in [0.717, 1.165) is 17.8 Å². The second kappa shape index (κ2) is 1.82. The topological polar surface area (TPSA) is 12.0 Å². The molecule has 0 aromatic heterocycles. The van der Waals surface area contributed by atoms with E-state index >= 15 is 0 Å². The summed E-state index contributed by atoms with van der Waals surface area (Å²) in [6.45, 7) is 5.14. The number of nitrogens with one attached hydrogen (secondary N) is 1. The molecular weight excluding hydrogens is 134 g/mol. The molecule has 0 radical (unpaired) electrons. The van der Waals surface area contributed by atoms with Crippen LogP contribution in [0.15, 0.2) is 0 Å². The van der Waals surface area contributed by atoms with Gasteiger partial charge in [0.1, 0.15) is 0 Å². The van der Waals surface area contributed by atoms with Gasteiger partial charge in [-0.3, -0.25) is 0 Å². The molecule has 1 heteroatoms. The third-order valence-electron chi connectivity index (χ3n) is 4.69. The van der Waals surface area contributed by atoms with Crippen molar-refractivity contribution in [3.05, 3.63) is 0 Å². The van der Waals surface area contributed by atoms with Crippen molar-refractivity contribution in [3.63, 3.8) is 0 Å². The van der Waals surface area contributed by atoms with Crippen LogP contribution in [-0.2, 0) is 0 Å². The minimum atomic E-state index is 0.711. The van der Waals surface area contributed by atoms with E-state index in [1.54, 1.807) is 6.42 Å². The lowest BCUT2D eigenvalue weighted by Crippen LogP contribution is -2.32. The Bertz CT molecular complexity index is 189. The van der Waals surface area contributed by atoms with Gasteiger partial charge in [0, 0.05) is 6.54 Å². The third-order valence-corrected chi connectivity index (χ3v) is 4.69. The van der Waals surface area contributed by atoms with Crippen molar-refractivity contribution in [1.29, 1.82) is 0 Å². The van der Waals surface area contributed by atoms with Crippen molar-refractivity contribution in [2.45, 2.75) is 26.2 Å². The minimum Gasteiger partial charge on any atom is -0.316 e. The van der Waals surface area contributed by atoms with E-state index in [9.17, 15) is 0 Å². The molecule has 2 saturated carbocycles. The molecule has 1 N–H and O–H groups in total. The molecular formula is C10H17N. The lowest BCUT2D eigenvalue weighted by molar-refractivity contribution is 0.156. The van der Waals surface area contributed by atoms with Crippen LogP contribution in [0.25, 0.3) is 0 Å². The van der Waals surface area contributed by atoms with Crippen LogP contribution in [0.4, 0.5) is 0 Å². The third kappa shape index (κ3) is 0.618. The average Bonchev–Trinajstić information content (AvgIpc) is 2.54. The highest BCUT2D eigenvalue weighted by Crippen LogP contribution is 2.60. The summed E-state index contributed by atoms with van der Waals surface area (Å²) in [4.78, 5) is 0. The average molecular weight is 151 g/mol. The normalized spacial score (nSPS) is 60.3. The molecule has 4 atom stereocenters. The fourth-order valence-electron chi connectivity index (χ4n) is 3.99.